The molecule has 1 aliphatic rings. The van der Waals surface area contributed by atoms with E-state index in [9.17, 15) is 20.0 Å². The minimum absolute atomic E-state index is 0.0386. The third-order valence-corrected chi connectivity index (χ3v) is 5.00. The van der Waals surface area contributed by atoms with Gasteiger partial charge in [0.1, 0.15) is 5.69 Å². The van der Waals surface area contributed by atoms with Crippen LogP contribution in [0.2, 0.25) is 0 Å². The van der Waals surface area contributed by atoms with Crippen LogP contribution in [0.15, 0.2) is 70.3 Å². The fraction of sp³-hybridized carbons (Fsp3) is 0.190. The molecule has 0 aliphatic carbocycles. The summed E-state index contributed by atoms with van der Waals surface area (Å²) in [6, 6.07) is 16.5. The van der Waals surface area contributed by atoms with Crippen LogP contribution in [-0.4, -0.2) is 39.6 Å². The number of methoxy groups -OCH3 is 1. The molecule has 3 aromatic rings. The summed E-state index contributed by atoms with van der Waals surface area (Å²) in [5, 5.41) is 30.2. The summed E-state index contributed by atoms with van der Waals surface area (Å²) in [5.41, 5.74) is -0.687. The number of esters is 1. The van der Waals surface area contributed by atoms with E-state index in [2.05, 4.69) is 10.3 Å². The zero-order valence-electron chi connectivity index (χ0n) is 16.3. The normalized spacial score (nSPS) is 18.7. The fourth-order valence-electron chi connectivity index (χ4n) is 3.40. The Labute approximate surface area is 175 Å². The van der Waals surface area contributed by atoms with Gasteiger partial charge in [0.05, 0.1) is 29.7 Å². The molecule has 0 saturated heterocycles. The highest BCUT2D eigenvalue weighted by atomic mass is 16.7. The molecular weight excluding hydrogens is 406 g/mol. The number of aromatic nitrogens is 1. The maximum atomic E-state index is 12.6. The molecule has 0 fully saturated rings. The summed E-state index contributed by atoms with van der Waals surface area (Å²) in [5.74, 6) is -0.946. The maximum Gasteiger partial charge on any atom is 0.356 e. The fourth-order valence-corrected chi connectivity index (χ4v) is 3.40. The molecule has 1 aromatic heterocycles. The monoisotopic (exact) mass is 423 g/mol. The highest BCUT2D eigenvalue weighted by Gasteiger charge is 2.56. The molecule has 1 aliphatic heterocycles. The van der Waals surface area contributed by atoms with Crippen molar-refractivity contribution in [3.8, 4) is 11.3 Å². The van der Waals surface area contributed by atoms with E-state index in [0.29, 0.717) is 5.69 Å². The zero-order valence-corrected chi connectivity index (χ0v) is 16.3. The molecular formula is C21H17N3O7. The third-order valence-electron chi connectivity index (χ3n) is 5.00. The van der Waals surface area contributed by atoms with Crippen LogP contribution in [0.1, 0.15) is 23.8 Å². The van der Waals surface area contributed by atoms with E-state index in [-0.39, 0.29) is 29.1 Å². The molecule has 0 bridgehead atoms. The largest absolute Gasteiger partial charge is 0.466 e. The van der Waals surface area contributed by atoms with Gasteiger partial charge in [-0.15, -0.1) is 0 Å². The second kappa shape index (κ2) is 8.00. The molecule has 10 heteroatoms. The highest BCUT2D eigenvalue weighted by molar-refractivity contribution is 6.07. The number of nitro groups is 1. The molecule has 2 heterocycles. The summed E-state index contributed by atoms with van der Waals surface area (Å²) >= 11 is 0. The van der Waals surface area contributed by atoms with Crippen molar-refractivity contribution in [1.29, 1.82) is 0 Å². The van der Waals surface area contributed by atoms with E-state index in [4.69, 9.17) is 14.1 Å². The lowest BCUT2D eigenvalue weighted by Gasteiger charge is -2.26. The number of benzene rings is 2. The van der Waals surface area contributed by atoms with Crippen LogP contribution >= 0.6 is 0 Å². The van der Waals surface area contributed by atoms with Crippen LogP contribution in [0.25, 0.3) is 11.3 Å². The van der Waals surface area contributed by atoms with Gasteiger partial charge in [-0.25, -0.2) is 4.79 Å². The van der Waals surface area contributed by atoms with Crippen molar-refractivity contribution in [3.63, 3.8) is 0 Å². The number of carbonyl (C=O) groups is 1. The first kappa shape index (κ1) is 20.2. The van der Waals surface area contributed by atoms with Crippen LogP contribution in [0.5, 0.6) is 0 Å². The third kappa shape index (κ3) is 3.53. The minimum atomic E-state index is -1.98. The number of aliphatic hydroxyl groups is 1. The molecule has 1 N–H and O–H groups in total. The van der Waals surface area contributed by atoms with E-state index >= 15 is 0 Å². The van der Waals surface area contributed by atoms with E-state index in [1.54, 1.807) is 6.07 Å². The molecule has 0 amide bonds. The van der Waals surface area contributed by atoms with E-state index < -0.39 is 22.6 Å². The van der Waals surface area contributed by atoms with Crippen LogP contribution in [0.4, 0.5) is 5.69 Å². The summed E-state index contributed by atoms with van der Waals surface area (Å²) in [7, 11) is 1.14. The lowest BCUT2D eigenvalue weighted by atomic mass is 9.87. The van der Waals surface area contributed by atoms with E-state index in [1.807, 2.05) is 30.3 Å². The quantitative estimate of drug-likeness (QED) is 0.363. The molecule has 10 nitrogen and oxygen atoms in total. The summed E-state index contributed by atoms with van der Waals surface area (Å²) in [6.07, 6.45) is -1.90. The first-order chi connectivity index (χ1) is 15.0. The van der Waals surface area contributed by atoms with Crippen LogP contribution < -0.4 is 0 Å². The molecule has 158 valence electrons. The van der Waals surface area contributed by atoms with Gasteiger partial charge in [0.15, 0.2) is 11.9 Å². The summed E-state index contributed by atoms with van der Waals surface area (Å²) < 4.78 is 10.1. The number of nitro benzene ring substituents is 1. The molecule has 2 atom stereocenters. The van der Waals surface area contributed by atoms with Gasteiger partial charge in [0.25, 0.3) is 11.3 Å². The molecule has 0 radical (unpaired) electrons. The van der Waals surface area contributed by atoms with Gasteiger partial charge in [-0.2, -0.15) is 0 Å². The maximum absolute atomic E-state index is 12.6. The van der Waals surface area contributed by atoms with E-state index in [1.165, 1.54) is 24.3 Å². The Morgan fingerprint density at radius 3 is 2.65 bits per heavy atom. The Hall–Kier alpha value is -4.05. The SMILES string of the molecule is COC(=O)C1(C(O)c2cc(-c3ccccc3)no2)CC(c2ccccc2[N+](=O)[O-])=NO1. The molecule has 0 saturated carbocycles. The highest BCUT2D eigenvalue weighted by Crippen LogP contribution is 2.41. The van der Waals surface area contributed by atoms with Gasteiger partial charge in [0.2, 0.25) is 0 Å². The van der Waals surface area contributed by atoms with Crippen molar-refractivity contribution >= 4 is 17.4 Å². The molecule has 2 aromatic carbocycles. The van der Waals surface area contributed by atoms with Gasteiger partial charge in [0, 0.05) is 17.7 Å². The van der Waals surface area contributed by atoms with Crippen molar-refractivity contribution in [2.45, 2.75) is 18.1 Å². The summed E-state index contributed by atoms with van der Waals surface area (Å²) in [6.45, 7) is 0. The van der Waals surface area contributed by atoms with Crippen LogP contribution in [0.3, 0.4) is 0 Å². The zero-order chi connectivity index (χ0) is 22.0. The number of oxime groups is 1. The van der Waals surface area contributed by atoms with Crippen molar-refractivity contribution in [3.05, 3.63) is 82.1 Å². The molecule has 31 heavy (non-hydrogen) atoms. The lowest BCUT2D eigenvalue weighted by Crippen LogP contribution is -2.45. The number of hydrogen-bond donors (Lipinski definition) is 1. The number of para-hydroxylation sites is 1. The Balaban J connectivity index is 1.67. The standard InChI is InChI=1S/C21H17N3O7/c1-29-20(26)21(12-16(23-31-21)14-9-5-6-10-17(14)24(27)28)19(25)18-11-15(22-30-18)13-7-3-2-4-8-13/h2-11,19,25H,12H2,1H3. The first-order valence-electron chi connectivity index (χ1n) is 9.23. The number of carbonyl (C=O) groups excluding carboxylic acids is 1. The Morgan fingerprint density at radius 2 is 1.94 bits per heavy atom. The predicted octanol–water partition coefficient (Wildman–Crippen LogP) is 3.02. The Bertz CT molecular complexity index is 1160. The minimum Gasteiger partial charge on any atom is -0.466 e. The molecule has 0 spiro atoms. The topological polar surface area (TPSA) is 137 Å². The average molecular weight is 423 g/mol. The molecule has 4 rings (SSSR count). The first-order valence-corrected chi connectivity index (χ1v) is 9.23. The smallest absolute Gasteiger partial charge is 0.356 e. The second-order valence-corrected chi connectivity index (χ2v) is 6.84. The summed E-state index contributed by atoms with van der Waals surface area (Å²) in [4.78, 5) is 28.8. The number of nitrogens with zero attached hydrogens (tertiary/aromatic N) is 3. The van der Waals surface area contributed by atoms with Gasteiger partial charge in [-0.05, 0) is 6.07 Å². The van der Waals surface area contributed by atoms with Crippen LogP contribution in [-0.2, 0) is 14.4 Å². The number of rotatable bonds is 6. The van der Waals surface area contributed by atoms with Gasteiger partial charge in [-0.3, -0.25) is 10.1 Å². The van der Waals surface area contributed by atoms with Crippen molar-refractivity contribution in [2.24, 2.45) is 5.16 Å². The van der Waals surface area contributed by atoms with E-state index in [0.717, 1.165) is 12.7 Å². The second-order valence-electron chi connectivity index (χ2n) is 6.84. The predicted molar refractivity (Wildman–Crippen MR) is 107 cm³/mol. The average Bonchev–Trinajstić information content (AvgIpc) is 3.47. The van der Waals surface area contributed by atoms with Gasteiger partial charge >= 0.3 is 5.97 Å². The van der Waals surface area contributed by atoms with Crippen molar-refractivity contribution < 1.29 is 28.9 Å². The molecule has 2 unspecified atom stereocenters. The van der Waals surface area contributed by atoms with Gasteiger partial charge in [-0.1, -0.05) is 52.8 Å². The number of hydrogen-bond acceptors (Lipinski definition) is 9. The van der Waals surface area contributed by atoms with Crippen molar-refractivity contribution in [1.82, 2.24) is 5.16 Å². The lowest BCUT2D eigenvalue weighted by molar-refractivity contribution is -0.385. The van der Waals surface area contributed by atoms with Crippen LogP contribution in [0, 0.1) is 10.1 Å². The number of aliphatic hydroxyl groups excluding tert-OH is 1. The Kier molecular flexibility index (Phi) is 5.22. The Morgan fingerprint density at radius 1 is 1.23 bits per heavy atom. The van der Waals surface area contributed by atoms with Crippen molar-refractivity contribution in [2.75, 3.05) is 7.11 Å². The van der Waals surface area contributed by atoms with Gasteiger partial charge < -0.3 is 19.2 Å². The number of ether oxygens (including phenoxy) is 1.